The van der Waals surface area contributed by atoms with Crippen molar-refractivity contribution >= 4 is 23.2 Å². The van der Waals surface area contributed by atoms with Crippen LogP contribution in [0.3, 0.4) is 0 Å². The van der Waals surface area contributed by atoms with E-state index in [2.05, 4.69) is 0 Å². The van der Waals surface area contributed by atoms with Crippen LogP contribution in [-0.2, 0) is 0 Å². The van der Waals surface area contributed by atoms with E-state index in [4.69, 9.17) is 23.2 Å². The predicted molar refractivity (Wildman–Crippen MR) is 445 cm³/mol. The van der Waals surface area contributed by atoms with Gasteiger partial charge < -0.3 is 0 Å². The Hall–Kier alpha value is -12.3. The highest BCUT2D eigenvalue weighted by molar-refractivity contribution is 6.31. The average Bonchev–Trinajstić information content (AvgIpc) is 0.867. The quantitative estimate of drug-likeness (QED) is 0.0806. The number of halogens is 30. The molecular formula is C98H82Cl2F28. The van der Waals surface area contributed by atoms with Gasteiger partial charge in [-0.3, -0.25) is 0 Å². The lowest BCUT2D eigenvalue weighted by molar-refractivity contribution is 0.443. The molecule has 0 fully saturated rings. The predicted octanol–water partition coefficient (Wildman–Crippen LogP) is 33.1. The van der Waals surface area contributed by atoms with Gasteiger partial charge in [-0.1, -0.05) is 102 Å². The third-order valence-corrected chi connectivity index (χ3v) is 16.6. The molecule has 0 aliphatic heterocycles. The van der Waals surface area contributed by atoms with Gasteiger partial charge in [0, 0.05) is 51.5 Å². The lowest BCUT2D eigenvalue weighted by atomic mass is 10.2. The average molecular weight is 1860 g/mol. The van der Waals surface area contributed by atoms with E-state index in [0.29, 0.717) is 56.1 Å². The Morgan fingerprint density at radius 3 is 0.883 bits per heavy atom. The molecule has 684 valence electrons. The van der Waals surface area contributed by atoms with Crippen LogP contribution in [0.5, 0.6) is 0 Å². The first kappa shape index (κ1) is 114. The number of rotatable bonds is 0. The van der Waals surface area contributed by atoms with Crippen molar-refractivity contribution < 1.29 is 123 Å². The van der Waals surface area contributed by atoms with Crippen molar-refractivity contribution in [2.45, 2.75) is 96.9 Å². The molecule has 0 unspecified atom stereocenters. The monoisotopic (exact) mass is 1860 g/mol. The maximum Gasteiger partial charge on any atom is 0.194 e. The molecule has 0 atom stereocenters. The van der Waals surface area contributed by atoms with Gasteiger partial charge in [0.25, 0.3) is 0 Å². The largest absolute Gasteiger partial charge is 0.207 e. The van der Waals surface area contributed by atoms with E-state index in [0.717, 1.165) is 95.6 Å². The summed E-state index contributed by atoms with van der Waals surface area (Å²) in [7, 11) is 0. The minimum atomic E-state index is -1.41. The third kappa shape index (κ3) is 44.2. The molecule has 128 heavy (non-hydrogen) atoms. The Morgan fingerprint density at radius 1 is 0.141 bits per heavy atom. The Labute approximate surface area is 733 Å². The number of benzene rings is 14. The van der Waals surface area contributed by atoms with Crippen LogP contribution in [0.2, 0.25) is 10.0 Å². The zero-order chi connectivity index (χ0) is 97.7. The second kappa shape index (κ2) is 58.1. The summed E-state index contributed by atoms with van der Waals surface area (Å²) >= 11 is 11.0. The van der Waals surface area contributed by atoms with Crippen LogP contribution in [0.25, 0.3) is 0 Å². The van der Waals surface area contributed by atoms with Gasteiger partial charge in [0.2, 0.25) is 0 Å². The molecule has 14 aromatic carbocycles. The molecule has 0 aliphatic rings. The molecule has 0 amide bonds. The number of aryl methyl sites for hydroxylation is 10. The zero-order valence-electron chi connectivity index (χ0n) is 70.4. The Bertz CT molecular complexity index is 5150. The summed E-state index contributed by atoms with van der Waals surface area (Å²) in [6, 6.07) is 51.4. The number of hydrogen-bond acceptors (Lipinski definition) is 0. The Balaban J connectivity index is 0.000000690. The normalized spacial score (nSPS) is 9.72. The van der Waals surface area contributed by atoms with Gasteiger partial charge in [-0.15, -0.1) is 0 Å². The second-order valence-electron chi connectivity index (χ2n) is 26.7. The van der Waals surface area contributed by atoms with Crippen molar-refractivity contribution in [3.05, 3.63) is 493 Å². The summed E-state index contributed by atoms with van der Waals surface area (Å²) in [4.78, 5) is 0. The van der Waals surface area contributed by atoms with Crippen molar-refractivity contribution in [2.75, 3.05) is 0 Å². The van der Waals surface area contributed by atoms with Gasteiger partial charge in [0.15, 0.2) is 69.8 Å². The van der Waals surface area contributed by atoms with Gasteiger partial charge in [0.1, 0.15) is 93.1 Å². The second-order valence-corrected chi connectivity index (χ2v) is 27.5. The van der Waals surface area contributed by atoms with Gasteiger partial charge in [0.05, 0.1) is 5.02 Å². The van der Waals surface area contributed by atoms with Gasteiger partial charge >= 0.3 is 0 Å². The highest BCUT2D eigenvalue weighted by Gasteiger charge is 2.13. The molecule has 0 nitrogen and oxygen atoms in total. The summed E-state index contributed by atoms with van der Waals surface area (Å²) in [5.41, 5.74) is 5.77. The molecule has 0 spiro atoms. The standard InChI is InChI=1S/2C7H6ClF.4C7H5F3.6C7H6F2.2C7H7F/c1-5-2-3-7(9)6(8)4-5;1-5-6(8)3-2-4-7(5)9;1-4-6(9)2-5(8)3-7(4)10;1-4-2-5(8)7(10)6(9)3-4;1-4-5(8)2-3-6(9)7(4)10;1-4-2-3-5(8)7(10)6(4)9;1-5-2-6(8)4-7(9)3-5;1-5-4-6(8)2-3-7(5)9;1-5-2-3-6(8)4-7(5)9;1-5-2-3-6(8)7(9)4-5;1-5-6(8)3-2-4-7(5)9;1-5-3-2-4-6(8)7(5)9;1-6-3-2-4-7(8)5-6;1-6-4-2-3-5-7(6)8/h2*2-4H,1H3;4*2-3H,1H3;6*2-4H,1H3;2*2-5H,1H3. The van der Waals surface area contributed by atoms with E-state index in [-0.39, 0.29) is 56.4 Å². The van der Waals surface area contributed by atoms with Gasteiger partial charge in [-0.05, 0) is 292 Å². The van der Waals surface area contributed by atoms with Crippen LogP contribution in [0.15, 0.2) is 243 Å². The van der Waals surface area contributed by atoms with E-state index >= 15 is 0 Å². The summed E-state index contributed by atoms with van der Waals surface area (Å²) in [5.74, 6) is -20.6. The smallest absolute Gasteiger partial charge is 0.194 e. The highest BCUT2D eigenvalue weighted by Crippen LogP contribution is 2.21. The molecule has 0 saturated carbocycles. The van der Waals surface area contributed by atoms with Crippen LogP contribution < -0.4 is 0 Å². The van der Waals surface area contributed by atoms with E-state index in [9.17, 15) is 123 Å². The van der Waals surface area contributed by atoms with Crippen LogP contribution in [0, 0.1) is 260 Å². The van der Waals surface area contributed by atoms with Crippen molar-refractivity contribution in [2.24, 2.45) is 0 Å². The first-order valence-electron chi connectivity index (χ1n) is 36.9. The molecule has 0 bridgehead atoms. The van der Waals surface area contributed by atoms with Crippen LogP contribution >= 0.6 is 23.2 Å². The highest BCUT2D eigenvalue weighted by atomic mass is 35.5. The fourth-order valence-corrected chi connectivity index (χ4v) is 8.95. The van der Waals surface area contributed by atoms with E-state index in [1.165, 1.54) is 146 Å². The molecule has 0 aromatic heterocycles. The first-order chi connectivity index (χ1) is 59.7. The summed E-state index contributed by atoms with van der Waals surface area (Å²) in [5, 5.41) is 0.671. The zero-order valence-corrected chi connectivity index (χ0v) is 71.9. The SMILES string of the molecule is Cc1c(F)cc(F)cc1F.Cc1c(F)ccc(F)c1F.Cc1c(F)cccc1Cl.Cc1c(F)cccc1F.Cc1cc(F)c(F)c(F)c1.Cc1cc(F)cc(F)c1.Cc1cc(F)ccc1F.Cc1ccc(F)c(Cl)c1.Cc1ccc(F)c(F)c1.Cc1ccc(F)c(F)c1F.Cc1ccc(F)cc1F.Cc1cccc(F)c1.Cc1cccc(F)c1F.Cc1ccccc1F. The van der Waals surface area contributed by atoms with E-state index < -0.39 is 134 Å². The van der Waals surface area contributed by atoms with Crippen molar-refractivity contribution in [1.82, 2.24) is 0 Å². The molecule has 0 aliphatic carbocycles. The maximum atomic E-state index is 12.5. The number of hydrogen-bond donors (Lipinski definition) is 0. The molecule has 0 N–H and O–H groups in total. The minimum absolute atomic E-state index is 0.0810. The Morgan fingerprint density at radius 2 is 0.477 bits per heavy atom. The molecule has 0 saturated heterocycles. The molecule has 0 heterocycles. The summed E-state index contributed by atoms with van der Waals surface area (Å²) in [6.45, 7) is 21.8. The van der Waals surface area contributed by atoms with Gasteiger partial charge in [-0.25, -0.2) is 123 Å². The molecule has 0 radical (unpaired) electrons. The van der Waals surface area contributed by atoms with Crippen molar-refractivity contribution in [1.29, 1.82) is 0 Å². The summed E-state index contributed by atoms with van der Waals surface area (Å²) < 4.78 is 343. The fraction of sp³-hybridized carbons (Fsp3) is 0.143. The maximum absolute atomic E-state index is 12.5. The molecular weight excluding hydrogens is 1780 g/mol. The van der Waals surface area contributed by atoms with Crippen LogP contribution in [-0.4, -0.2) is 0 Å². The molecule has 30 heteroatoms. The third-order valence-electron chi connectivity index (χ3n) is 15.9. The fourth-order valence-electron chi connectivity index (χ4n) is 8.55. The van der Waals surface area contributed by atoms with Crippen LogP contribution in [0.4, 0.5) is 123 Å². The Kier molecular flexibility index (Phi) is 51.6. The van der Waals surface area contributed by atoms with Crippen LogP contribution in [0.1, 0.15) is 77.9 Å². The van der Waals surface area contributed by atoms with Crippen molar-refractivity contribution in [3.63, 3.8) is 0 Å². The topological polar surface area (TPSA) is 0 Å². The van der Waals surface area contributed by atoms with Crippen molar-refractivity contribution in [3.8, 4) is 0 Å². The molecule has 14 rings (SSSR count). The minimum Gasteiger partial charge on any atom is -0.207 e. The van der Waals surface area contributed by atoms with Gasteiger partial charge in [-0.2, -0.15) is 0 Å². The lowest BCUT2D eigenvalue weighted by Gasteiger charge is -1.97. The lowest BCUT2D eigenvalue weighted by Crippen LogP contribution is -1.92. The molecule has 14 aromatic rings. The first-order valence-corrected chi connectivity index (χ1v) is 37.6. The van der Waals surface area contributed by atoms with E-state index in [1.54, 1.807) is 77.1 Å². The summed E-state index contributed by atoms with van der Waals surface area (Å²) in [6.07, 6.45) is 0. The van der Waals surface area contributed by atoms with E-state index in [1.807, 2.05) is 26.0 Å².